The standard InChI is InChI=1S/C19H17F5NO/c20-18(21,19(22,23)24)16-7-4-8-17(13-16)26-25-11-9-15(10-12-25)14-5-2-1-3-6-14/h1-5,7-8,13,15H,9-12H2. The van der Waals surface area contributed by atoms with E-state index in [1.54, 1.807) is 5.06 Å². The van der Waals surface area contributed by atoms with Gasteiger partial charge in [0.15, 0.2) is 0 Å². The minimum absolute atomic E-state index is 0.0313. The van der Waals surface area contributed by atoms with Crippen LogP contribution in [0.2, 0.25) is 0 Å². The number of hydroxylamine groups is 2. The number of rotatable bonds is 4. The van der Waals surface area contributed by atoms with Gasteiger partial charge in [-0.25, -0.2) is 0 Å². The largest absolute Gasteiger partial charge is 0.458 e. The molecule has 2 nitrogen and oxygen atoms in total. The summed E-state index contributed by atoms with van der Waals surface area (Å²) in [4.78, 5) is 5.51. The Morgan fingerprint density at radius 2 is 1.69 bits per heavy atom. The predicted octanol–water partition coefficient (Wildman–Crippen LogP) is 5.31. The zero-order valence-corrected chi connectivity index (χ0v) is 13.8. The van der Waals surface area contributed by atoms with Crippen molar-refractivity contribution in [3.05, 3.63) is 65.7 Å². The van der Waals surface area contributed by atoms with E-state index in [1.165, 1.54) is 6.07 Å². The van der Waals surface area contributed by atoms with Gasteiger partial charge < -0.3 is 4.84 Å². The van der Waals surface area contributed by atoms with Crippen LogP contribution in [0, 0.1) is 6.07 Å². The smallest absolute Gasteiger partial charge is 0.406 e. The molecule has 0 aliphatic carbocycles. The average Bonchev–Trinajstić information content (AvgIpc) is 2.62. The van der Waals surface area contributed by atoms with E-state index in [0.717, 1.165) is 36.6 Å². The van der Waals surface area contributed by atoms with E-state index in [9.17, 15) is 22.0 Å². The average molecular weight is 370 g/mol. The Labute approximate surface area is 148 Å². The molecule has 1 aliphatic heterocycles. The molecule has 0 spiro atoms. The van der Waals surface area contributed by atoms with Crippen molar-refractivity contribution in [3.8, 4) is 5.75 Å². The molecule has 1 saturated heterocycles. The van der Waals surface area contributed by atoms with Crippen LogP contribution in [-0.2, 0) is 5.92 Å². The fourth-order valence-electron chi connectivity index (χ4n) is 2.98. The van der Waals surface area contributed by atoms with E-state index in [0.29, 0.717) is 19.0 Å². The Hall–Kier alpha value is -2.15. The lowest BCUT2D eigenvalue weighted by atomic mass is 9.90. The van der Waals surface area contributed by atoms with Gasteiger partial charge in [0.1, 0.15) is 5.75 Å². The van der Waals surface area contributed by atoms with Crippen molar-refractivity contribution in [2.45, 2.75) is 30.9 Å². The highest BCUT2D eigenvalue weighted by Gasteiger charge is 2.58. The summed E-state index contributed by atoms with van der Waals surface area (Å²) in [5, 5.41) is 1.59. The van der Waals surface area contributed by atoms with E-state index >= 15 is 0 Å². The van der Waals surface area contributed by atoms with Gasteiger partial charge >= 0.3 is 12.1 Å². The lowest BCUT2D eigenvalue weighted by Crippen LogP contribution is -2.36. The molecule has 7 heteroatoms. The second-order valence-corrected chi connectivity index (χ2v) is 6.21. The molecular weight excluding hydrogens is 353 g/mol. The van der Waals surface area contributed by atoms with Crippen molar-refractivity contribution >= 4 is 0 Å². The van der Waals surface area contributed by atoms with E-state index in [1.807, 2.05) is 24.3 Å². The summed E-state index contributed by atoms with van der Waals surface area (Å²) in [6, 6.07) is 14.9. The molecule has 1 aliphatic rings. The number of alkyl halides is 5. The van der Waals surface area contributed by atoms with Crippen molar-refractivity contribution < 1.29 is 26.8 Å². The van der Waals surface area contributed by atoms with Crippen molar-refractivity contribution in [1.82, 2.24) is 5.06 Å². The number of piperidine rings is 1. The third-order valence-electron chi connectivity index (χ3n) is 4.41. The summed E-state index contributed by atoms with van der Waals surface area (Å²) in [6.45, 7) is 1.10. The minimum atomic E-state index is -5.64. The maximum absolute atomic E-state index is 13.5. The van der Waals surface area contributed by atoms with Gasteiger partial charge in [-0.3, -0.25) is 0 Å². The van der Waals surface area contributed by atoms with Crippen LogP contribution in [0.3, 0.4) is 0 Å². The number of hydrogen-bond acceptors (Lipinski definition) is 2. The first-order valence-electron chi connectivity index (χ1n) is 8.22. The maximum Gasteiger partial charge on any atom is 0.458 e. The Bertz CT molecular complexity index is 724. The second kappa shape index (κ2) is 7.23. The molecule has 0 atom stereocenters. The zero-order valence-electron chi connectivity index (χ0n) is 13.8. The molecular formula is C19H17F5NO. The fourth-order valence-corrected chi connectivity index (χ4v) is 2.98. The fraction of sp³-hybridized carbons (Fsp3) is 0.368. The molecule has 3 rings (SSSR count). The van der Waals surface area contributed by atoms with Crippen LogP contribution in [-0.4, -0.2) is 24.3 Å². The van der Waals surface area contributed by atoms with Crippen LogP contribution in [0.25, 0.3) is 0 Å². The lowest BCUT2D eigenvalue weighted by Gasteiger charge is -2.31. The number of benzene rings is 2. The summed E-state index contributed by atoms with van der Waals surface area (Å²) in [6.07, 6.45) is -4.06. The van der Waals surface area contributed by atoms with Crippen LogP contribution in [0.4, 0.5) is 22.0 Å². The molecule has 2 aromatic rings. The van der Waals surface area contributed by atoms with Gasteiger partial charge in [0, 0.05) is 18.7 Å². The molecule has 0 unspecified atom stereocenters. The third-order valence-corrected chi connectivity index (χ3v) is 4.41. The first-order valence-corrected chi connectivity index (χ1v) is 8.22. The lowest BCUT2D eigenvalue weighted by molar-refractivity contribution is -0.289. The van der Waals surface area contributed by atoms with Gasteiger partial charge in [0.25, 0.3) is 0 Å². The van der Waals surface area contributed by atoms with Crippen molar-refractivity contribution in [3.63, 3.8) is 0 Å². The monoisotopic (exact) mass is 370 g/mol. The van der Waals surface area contributed by atoms with E-state index < -0.39 is 17.7 Å². The quantitative estimate of drug-likeness (QED) is 0.676. The molecule has 0 saturated carbocycles. The van der Waals surface area contributed by atoms with Crippen molar-refractivity contribution in [1.29, 1.82) is 0 Å². The van der Waals surface area contributed by atoms with Gasteiger partial charge in [-0.05, 0) is 42.5 Å². The summed E-state index contributed by atoms with van der Waals surface area (Å²) < 4.78 is 64.5. The zero-order chi connectivity index (χ0) is 18.8. The van der Waals surface area contributed by atoms with Crippen LogP contribution >= 0.6 is 0 Å². The first kappa shape index (κ1) is 18.6. The molecule has 26 heavy (non-hydrogen) atoms. The van der Waals surface area contributed by atoms with Crippen molar-refractivity contribution in [2.24, 2.45) is 0 Å². The number of halogens is 5. The molecule has 139 valence electrons. The summed E-state index contributed by atoms with van der Waals surface area (Å²) in [5.41, 5.74) is -0.0183. The molecule has 0 aromatic heterocycles. The minimum Gasteiger partial charge on any atom is -0.406 e. The first-order chi connectivity index (χ1) is 12.3. The van der Waals surface area contributed by atoms with E-state index in [-0.39, 0.29) is 5.75 Å². The topological polar surface area (TPSA) is 12.5 Å². The molecule has 0 bridgehead atoms. The maximum atomic E-state index is 13.5. The Morgan fingerprint density at radius 3 is 2.31 bits per heavy atom. The van der Waals surface area contributed by atoms with Crippen LogP contribution in [0.15, 0.2) is 48.5 Å². The highest BCUT2D eigenvalue weighted by molar-refractivity contribution is 5.32. The summed E-state index contributed by atoms with van der Waals surface area (Å²) in [5.74, 6) is -4.62. The number of nitrogens with zero attached hydrogens (tertiary/aromatic N) is 1. The van der Waals surface area contributed by atoms with E-state index in [2.05, 4.69) is 6.07 Å². The Balaban J connectivity index is 1.63. The highest BCUT2D eigenvalue weighted by atomic mass is 19.4. The van der Waals surface area contributed by atoms with Crippen LogP contribution < -0.4 is 4.84 Å². The van der Waals surface area contributed by atoms with Crippen LogP contribution in [0.1, 0.15) is 29.9 Å². The van der Waals surface area contributed by atoms with E-state index in [4.69, 9.17) is 4.84 Å². The van der Waals surface area contributed by atoms with Crippen molar-refractivity contribution in [2.75, 3.05) is 13.1 Å². The second-order valence-electron chi connectivity index (χ2n) is 6.21. The number of hydrogen-bond donors (Lipinski definition) is 0. The molecule has 1 radical (unpaired) electrons. The normalized spacial score (nSPS) is 17.3. The Kier molecular flexibility index (Phi) is 5.18. The van der Waals surface area contributed by atoms with Gasteiger partial charge in [0.2, 0.25) is 0 Å². The predicted molar refractivity (Wildman–Crippen MR) is 85.8 cm³/mol. The molecule has 1 heterocycles. The van der Waals surface area contributed by atoms with Crippen LogP contribution in [0.5, 0.6) is 5.75 Å². The van der Waals surface area contributed by atoms with Gasteiger partial charge in [-0.1, -0.05) is 36.4 Å². The van der Waals surface area contributed by atoms with Gasteiger partial charge in [-0.2, -0.15) is 22.0 Å². The SMILES string of the molecule is FC(F)(F)C(F)(F)c1cccc(ON2CCC(c3[c]cccc3)CC2)c1. The summed E-state index contributed by atoms with van der Waals surface area (Å²) in [7, 11) is 0. The molecule has 1 fully saturated rings. The van der Waals surface area contributed by atoms with Gasteiger partial charge in [-0.15, -0.1) is 5.06 Å². The molecule has 0 N–H and O–H groups in total. The molecule has 0 amide bonds. The third kappa shape index (κ3) is 3.98. The highest BCUT2D eigenvalue weighted by Crippen LogP contribution is 2.44. The molecule has 2 aromatic carbocycles. The summed E-state index contributed by atoms with van der Waals surface area (Å²) >= 11 is 0. The van der Waals surface area contributed by atoms with Gasteiger partial charge in [0.05, 0.1) is 0 Å². The Morgan fingerprint density at radius 1 is 0.962 bits per heavy atom.